The molecule has 1 amide bonds. The Kier molecular flexibility index (Phi) is 6.66. The van der Waals surface area contributed by atoms with Crippen LogP contribution in [0.3, 0.4) is 0 Å². The van der Waals surface area contributed by atoms with Gasteiger partial charge in [-0.3, -0.25) is 4.79 Å². The average Bonchev–Trinajstić information content (AvgIpc) is 3.72. The average molecular weight is 555 g/mol. The summed E-state index contributed by atoms with van der Waals surface area (Å²) in [5, 5.41) is 4.30. The van der Waals surface area contributed by atoms with E-state index in [2.05, 4.69) is 29.9 Å². The first-order chi connectivity index (χ1) is 19.1. The number of carbonyl (C=O) groups excluding carboxylic acids is 1. The molecule has 3 aromatic rings. The number of aryl methyl sites for hydroxylation is 2. The monoisotopic (exact) mass is 554 g/mol. The number of anilines is 2. The molecule has 1 aliphatic carbocycles. The van der Waals surface area contributed by atoms with Gasteiger partial charge in [-0.15, -0.1) is 0 Å². The number of benzene rings is 1. The van der Waals surface area contributed by atoms with Gasteiger partial charge in [0, 0.05) is 50.4 Å². The number of halogens is 3. The molecule has 2 aromatic heterocycles. The van der Waals surface area contributed by atoms with Crippen LogP contribution in [-0.2, 0) is 30.5 Å². The van der Waals surface area contributed by atoms with Crippen LogP contribution in [0, 0.1) is 13.8 Å². The third kappa shape index (κ3) is 5.11. The van der Waals surface area contributed by atoms with Gasteiger partial charge in [-0.25, -0.2) is 19.6 Å². The number of hydrogen-bond donors (Lipinski definition) is 0. The van der Waals surface area contributed by atoms with Crippen molar-refractivity contribution in [1.82, 2.24) is 29.6 Å². The summed E-state index contributed by atoms with van der Waals surface area (Å²) in [6.45, 7) is 8.04. The molecule has 4 heterocycles. The Morgan fingerprint density at radius 1 is 1.02 bits per heavy atom. The van der Waals surface area contributed by atoms with Gasteiger partial charge in [-0.2, -0.15) is 18.3 Å². The molecule has 0 radical (unpaired) electrons. The first-order valence-corrected chi connectivity index (χ1v) is 13.8. The summed E-state index contributed by atoms with van der Waals surface area (Å²) in [6.07, 6.45) is 1.67. The van der Waals surface area contributed by atoms with Gasteiger partial charge in [0.2, 0.25) is 5.91 Å². The molecule has 1 atom stereocenters. The maximum atomic E-state index is 14.0. The summed E-state index contributed by atoms with van der Waals surface area (Å²) in [7, 11) is 0. The molecule has 212 valence electrons. The van der Waals surface area contributed by atoms with E-state index in [1.165, 1.54) is 6.07 Å². The minimum atomic E-state index is -4.42. The molecule has 2 aliphatic heterocycles. The number of nitrogens with zero attached hydrogens (tertiary/aromatic N) is 8. The Morgan fingerprint density at radius 3 is 2.40 bits per heavy atom. The molecule has 1 aromatic carbocycles. The van der Waals surface area contributed by atoms with Gasteiger partial charge in [0.25, 0.3) is 0 Å². The van der Waals surface area contributed by atoms with Crippen molar-refractivity contribution < 1.29 is 18.0 Å². The smallest absolute Gasteiger partial charge is 0.367 e. The Hall–Kier alpha value is -3.70. The van der Waals surface area contributed by atoms with Gasteiger partial charge in [0.05, 0.1) is 23.6 Å². The van der Waals surface area contributed by atoms with E-state index in [4.69, 9.17) is 0 Å². The topological polar surface area (TPSA) is 83.3 Å². The van der Waals surface area contributed by atoms with Crippen molar-refractivity contribution >= 4 is 17.3 Å². The van der Waals surface area contributed by atoms with Crippen LogP contribution >= 0.6 is 0 Å². The molecule has 0 spiro atoms. The second kappa shape index (κ2) is 10.0. The minimum absolute atomic E-state index is 0.0459. The molecule has 0 N–H and O–H groups in total. The second-order valence-electron chi connectivity index (χ2n) is 11.1. The highest BCUT2D eigenvalue weighted by atomic mass is 19.4. The molecular weight excluding hydrogens is 521 g/mol. The van der Waals surface area contributed by atoms with Crippen LogP contribution in [0.15, 0.2) is 24.5 Å². The number of hydrogen-bond acceptors (Lipinski definition) is 7. The van der Waals surface area contributed by atoms with Crippen molar-refractivity contribution in [2.45, 2.75) is 71.3 Å². The largest absolute Gasteiger partial charge is 0.416 e. The van der Waals surface area contributed by atoms with E-state index in [1.807, 2.05) is 18.7 Å². The van der Waals surface area contributed by atoms with Crippen LogP contribution in [0.5, 0.6) is 0 Å². The second-order valence-corrected chi connectivity index (χ2v) is 11.1. The predicted octanol–water partition coefficient (Wildman–Crippen LogP) is 3.88. The molecule has 1 saturated carbocycles. The first-order valence-electron chi connectivity index (χ1n) is 13.8. The lowest BCUT2D eigenvalue weighted by Gasteiger charge is -2.43. The van der Waals surface area contributed by atoms with E-state index in [-0.39, 0.29) is 24.9 Å². The number of amides is 1. The number of alkyl halides is 3. The van der Waals surface area contributed by atoms with Gasteiger partial charge >= 0.3 is 6.18 Å². The van der Waals surface area contributed by atoms with E-state index in [1.54, 1.807) is 30.1 Å². The van der Waals surface area contributed by atoms with Crippen LogP contribution in [0.1, 0.15) is 59.8 Å². The summed E-state index contributed by atoms with van der Waals surface area (Å²) < 4.78 is 43.6. The maximum Gasteiger partial charge on any atom is 0.416 e. The van der Waals surface area contributed by atoms with E-state index < -0.39 is 11.7 Å². The summed E-state index contributed by atoms with van der Waals surface area (Å²) in [5.74, 6) is 2.54. The van der Waals surface area contributed by atoms with Gasteiger partial charge in [0.1, 0.15) is 24.0 Å². The third-order valence-corrected chi connectivity index (χ3v) is 8.19. The van der Waals surface area contributed by atoms with E-state index >= 15 is 0 Å². The fraction of sp³-hybridized carbons (Fsp3) is 0.536. The van der Waals surface area contributed by atoms with Gasteiger partial charge < -0.3 is 14.7 Å². The Labute approximate surface area is 231 Å². The number of fused-ring (bicyclic) bond motifs is 1. The molecule has 3 aliphatic rings. The number of aromatic nitrogens is 5. The van der Waals surface area contributed by atoms with Crippen molar-refractivity contribution in [2.24, 2.45) is 0 Å². The molecule has 2 fully saturated rings. The van der Waals surface area contributed by atoms with E-state index in [0.29, 0.717) is 61.4 Å². The molecule has 1 saturated heterocycles. The lowest BCUT2D eigenvalue weighted by atomic mass is 9.91. The summed E-state index contributed by atoms with van der Waals surface area (Å²) in [4.78, 5) is 32.4. The van der Waals surface area contributed by atoms with Crippen molar-refractivity contribution in [3.8, 4) is 0 Å². The van der Waals surface area contributed by atoms with Crippen LogP contribution < -0.4 is 9.80 Å². The zero-order valence-corrected chi connectivity index (χ0v) is 22.9. The standard InChI is InChI=1S/C28H33F3N8O/c1-17-14-37(10-11-38(17)26(40)16-39-19(3)34-18(2)35-39)25-7-6-24(28(29,30)31)22-8-9-36(15-23(22)25)21-12-32-27(33-13-21)20-4-5-20/h6-7,12-13,17,20H,4-5,8-11,14-16H2,1-3H3/t17-/m1/s1. The molecule has 0 bridgehead atoms. The fourth-order valence-corrected chi connectivity index (χ4v) is 5.97. The van der Waals surface area contributed by atoms with Crippen LogP contribution in [0.25, 0.3) is 0 Å². The Balaban J connectivity index is 1.23. The Morgan fingerprint density at radius 2 is 1.77 bits per heavy atom. The molecule has 12 heteroatoms. The zero-order chi connectivity index (χ0) is 28.2. The Bertz CT molecular complexity index is 1420. The maximum absolute atomic E-state index is 14.0. The van der Waals surface area contributed by atoms with Crippen LogP contribution in [-0.4, -0.2) is 67.8 Å². The lowest BCUT2D eigenvalue weighted by Crippen LogP contribution is -2.55. The summed E-state index contributed by atoms with van der Waals surface area (Å²) in [5.41, 5.74) is 2.10. The van der Waals surface area contributed by atoms with Crippen LogP contribution in [0.2, 0.25) is 0 Å². The zero-order valence-electron chi connectivity index (χ0n) is 22.9. The molecule has 40 heavy (non-hydrogen) atoms. The van der Waals surface area contributed by atoms with Crippen LogP contribution in [0.4, 0.5) is 24.5 Å². The highest BCUT2D eigenvalue weighted by molar-refractivity contribution is 5.77. The number of piperazine rings is 1. The summed E-state index contributed by atoms with van der Waals surface area (Å²) in [6, 6.07) is 2.70. The third-order valence-electron chi connectivity index (χ3n) is 8.19. The van der Waals surface area contributed by atoms with Crippen molar-refractivity contribution in [3.63, 3.8) is 0 Å². The SMILES string of the molecule is Cc1nc(C)n(CC(=O)N2CCN(c3ccc(C(F)(F)F)c4c3CN(c3cnc(C5CC5)nc3)CC4)C[C@H]2C)n1. The molecule has 0 unspecified atom stereocenters. The predicted molar refractivity (Wildman–Crippen MR) is 143 cm³/mol. The highest BCUT2D eigenvalue weighted by Crippen LogP contribution is 2.41. The molecule has 6 rings (SSSR count). The van der Waals surface area contributed by atoms with E-state index in [0.717, 1.165) is 30.0 Å². The quantitative estimate of drug-likeness (QED) is 0.473. The van der Waals surface area contributed by atoms with Crippen molar-refractivity contribution in [2.75, 3.05) is 36.0 Å². The van der Waals surface area contributed by atoms with Crippen molar-refractivity contribution in [3.05, 3.63) is 58.7 Å². The normalized spacial score (nSPS) is 19.6. The van der Waals surface area contributed by atoms with Gasteiger partial charge in [0.15, 0.2) is 0 Å². The lowest BCUT2D eigenvalue weighted by molar-refractivity contribution is -0.138. The first kappa shape index (κ1) is 26.5. The van der Waals surface area contributed by atoms with Crippen molar-refractivity contribution in [1.29, 1.82) is 0 Å². The van der Waals surface area contributed by atoms with E-state index in [9.17, 15) is 18.0 Å². The fourth-order valence-electron chi connectivity index (χ4n) is 5.97. The van der Waals surface area contributed by atoms with Gasteiger partial charge in [-0.05, 0) is 63.3 Å². The summed E-state index contributed by atoms with van der Waals surface area (Å²) >= 11 is 0. The van der Waals surface area contributed by atoms with Gasteiger partial charge in [-0.1, -0.05) is 0 Å². The highest BCUT2D eigenvalue weighted by Gasteiger charge is 2.38. The number of rotatable bonds is 5. The molecular formula is C28H33F3N8O. The minimum Gasteiger partial charge on any atom is -0.367 e. The molecule has 9 nitrogen and oxygen atoms in total. The number of carbonyl (C=O) groups is 1.